The lowest BCUT2D eigenvalue weighted by Gasteiger charge is -2.26. The Bertz CT molecular complexity index is 416. The molecule has 0 saturated carbocycles. The van der Waals surface area contributed by atoms with Crippen LogP contribution in [0.2, 0.25) is 0 Å². The van der Waals surface area contributed by atoms with Crippen molar-refractivity contribution in [2.24, 2.45) is 4.99 Å². The summed E-state index contributed by atoms with van der Waals surface area (Å²) in [5, 5.41) is 10.6. The first-order chi connectivity index (χ1) is 8.58. The van der Waals surface area contributed by atoms with Gasteiger partial charge in [0.25, 0.3) is 0 Å². The van der Waals surface area contributed by atoms with Gasteiger partial charge in [0.1, 0.15) is 5.60 Å². The zero-order valence-corrected chi connectivity index (χ0v) is 12.6. The lowest BCUT2D eigenvalue weighted by molar-refractivity contribution is 0.0962. The van der Waals surface area contributed by atoms with Crippen molar-refractivity contribution in [2.45, 2.75) is 45.1 Å². The summed E-state index contributed by atoms with van der Waals surface area (Å²) in [7, 11) is 0. The van der Waals surface area contributed by atoms with Crippen molar-refractivity contribution < 1.29 is 5.11 Å². The van der Waals surface area contributed by atoms with Gasteiger partial charge in [-0.15, -0.1) is 5.73 Å². The van der Waals surface area contributed by atoms with E-state index in [1.54, 1.807) is 12.3 Å². The van der Waals surface area contributed by atoms with E-state index in [0.29, 0.717) is 0 Å². The van der Waals surface area contributed by atoms with Crippen LogP contribution in [0.5, 0.6) is 0 Å². The first-order valence-electron chi connectivity index (χ1n) is 6.23. The molecule has 0 saturated heterocycles. The zero-order valence-electron chi connectivity index (χ0n) is 11.0. The van der Waals surface area contributed by atoms with E-state index >= 15 is 0 Å². The minimum absolute atomic E-state index is 0.745. The van der Waals surface area contributed by atoms with Crippen LogP contribution in [-0.2, 0) is 0 Å². The maximum Gasteiger partial charge on any atom is 0.103 e. The smallest absolute Gasteiger partial charge is 0.103 e. The molecule has 0 aliphatic heterocycles. The van der Waals surface area contributed by atoms with Gasteiger partial charge in [0.15, 0.2) is 0 Å². The summed E-state index contributed by atoms with van der Waals surface area (Å²) in [6, 6.07) is 0. The summed E-state index contributed by atoms with van der Waals surface area (Å²) in [6.45, 7) is 3.80. The van der Waals surface area contributed by atoms with Crippen molar-refractivity contribution >= 4 is 21.6 Å². The predicted octanol–water partition coefficient (Wildman–Crippen LogP) is 4.28. The minimum atomic E-state index is -0.766. The number of rotatable bonds is 3. The van der Waals surface area contributed by atoms with Crippen LogP contribution < -0.4 is 0 Å². The lowest BCUT2D eigenvalue weighted by atomic mass is 9.89. The van der Waals surface area contributed by atoms with E-state index in [2.05, 4.69) is 38.8 Å². The molecule has 18 heavy (non-hydrogen) atoms. The van der Waals surface area contributed by atoms with E-state index < -0.39 is 5.60 Å². The minimum Gasteiger partial charge on any atom is -0.384 e. The molecule has 2 nitrogen and oxygen atoms in total. The SMILES string of the molecule is CC=C=C/C(Br)=C\N=C(/C)C1(O)CCC=CCC1. The first kappa shape index (κ1) is 15.2. The third kappa shape index (κ3) is 4.77. The summed E-state index contributed by atoms with van der Waals surface area (Å²) >= 11 is 3.39. The van der Waals surface area contributed by atoms with Crippen LogP contribution in [0.4, 0.5) is 0 Å². The molecule has 0 fully saturated rings. The van der Waals surface area contributed by atoms with Crippen molar-refractivity contribution in [3.05, 3.63) is 40.7 Å². The Morgan fingerprint density at radius 2 is 2.00 bits per heavy atom. The molecule has 0 bridgehead atoms. The number of aliphatic imine (C=N–C) groups is 1. The standard InChI is InChI=1S/C15H20BrNO/c1-3-4-9-14(16)12-17-13(2)15(18)10-7-5-6-8-11-15/h3,5-6,9,12,18H,7-8,10-11H2,1-2H3/b14-12+,17-13+. The van der Waals surface area contributed by atoms with Gasteiger partial charge in [-0.1, -0.05) is 12.2 Å². The maximum atomic E-state index is 10.6. The van der Waals surface area contributed by atoms with E-state index in [9.17, 15) is 5.11 Å². The van der Waals surface area contributed by atoms with E-state index in [1.165, 1.54) is 0 Å². The van der Waals surface area contributed by atoms with Crippen molar-refractivity contribution in [2.75, 3.05) is 0 Å². The fourth-order valence-electron chi connectivity index (χ4n) is 1.85. The second-order valence-corrected chi connectivity index (χ2v) is 5.32. The normalized spacial score (nSPS) is 20.0. The fourth-order valence-corrected chi connectivity index (χ4v) is 2.08. The van der Waals surface area contributed by atoms with Gasteiger partial charge in [0.2, 0.25) is 0 Å². The molecular weight excluding hydrogens is 290 g/mol. The fraction of sp³-hybridized carbons (Fsp3) is 0.467. The molecule has 3 heteroatoms. The second-order valence-electron chi connectivity index (χ2n) is 4.41. The van der Waals surface area contributed by atoms with E-state index in [4.69, 9.17) is 0 Å². The first-order valence-corrected chi connectivity index (χ1v) is 7.03. The number of aliphatic hydroxyl groups is 1. The lowest BCUT2D eigenvalue weighted by Crippen LogP contribution is -2.36. The molecule has 0 heterocycles. The van der Waals surface area contributed by atoms with Crippen LogP contribution >= 0.6 is 15.9 Å². The Labute approximate surface area is 118 Å². The average molecular weight is 310 g/mol. The van der Waals surface area contributed by atoms with Crippen LogP contribution in [0.25, 0.3) is 0 Å². The molecule has 98 valence electrons. The van der Waals surface area contributed by atoms with Crippen LogP contribution in [0.15, 0.2) is 45.7 Å². The zero-order chi connectivity index (χ0) is 13.4. The van der Waals surface area contributed by atoms with Crippen molar-refractivity contribution in [1.82, 2.24) is 0 Å². The van der Waals surface area contributed by atoms with E-state index in [1.807, 2.05) is 19.9 Å². The number of hydrogen-bond acceptors (Lipinski definition) is 2. The molecule has 1 aliphatic rings. The van der Waals surface area contributed by atoms with Crippen molar-refractivity contribution in [3.8, 4) is 0 Å². The van der Waals surface area contributed by atoms with Crippen molar-refractivity contribution in [1.29, 1.82) is 0 Å². The summed E-state index contributed by atoms with van der Waals surface area (Å²) in [4.78, 5) is 4.36. The highest BCUT2D eigenvalue weighted by Crippen LogP contribution is 2.25. The predicted molar refractivity (Wildman–Crippen MR) is 81.0 cm³/mol. The van der Waals surface area contributed by atoms with Crippen LogP contribution in [0, 0.1) is 0 Å². The molecular formula is C15H20BrNO. The number of hydrogen-bond donors (Lipinski definition) is 1. The Morgan fingerprint density at radius 3 is 2.56 bits per heavy atom. The second kappa shape index (κ2) is 7.52. The number of nitrogens with zero attached hydrogens (tertiary/aromatic N) is 1. The van der Waals surface area contributed by atoms with Gasteiger partial charge in [0.05, 0.1) is 0 Å². The Kier molecular flexibility index (Phi) is 6.34. The van der Waals surface area contributed by atoms with Crippen LogP contribution in [0.1, 0.15) is 39.5 Å². The summed E-state index contributed by atoms with van der Waals surface area (Å²) in [5.41, 5.74) is 2.97. The Hall–Kier alpha value is -0.890. The van der Waals surface area contributed by atoms with Crippen LogP contribution in [0.3, 0.4) is 0 Å². The van der Waals surface area contributed by atoms with Gasteiger partial charge >= 0.3 is 0 Å². The summed E-state index contributed by atoms with van der Waals surface area (Å²) < 4.78 is 0.843. The average Bonchev–Trinajstić information content (AvgIpc) is 2.59. The largest absolute Gasteiger partial charge is 0.384 e. The highest BCUT2D eigenvalue weighted by atomic mass is 79.9. The highest BCUT2D eigenvalue weighted by molar-refractivity contribution is 9.11. The van der Waals surface area contributed by atoms with Gasteiger partial charge < -0.3 is 5.11 Å². The van der Waals surface area contributed by atoms with E-state index in [-0.39, 0.29) is 0 Å². The van der Waals surface area contributed by atoms with Gasteiger partial charge in [-0.05, 0) is 67.6 Å². The molecule has 0 atom stereocenters. The molecule has 0 spiro atoms. The molecule has 0 aromatic heterocycles. The summed E-state index contributed by atoms with van der Waals surface area (Å²) in [5.74, 6) is 0. The topological polar surface area (TPSA) is 32.6 Å². The Balaban J connectivity index is 2.79. The third-order valence-electron chi connectivity index (χ3n) is 3.06. The molecule has 0 amide bonds. The molecule has 1 aliphatic carbocycles. The van der Waals surface area contributed by atoms with Gasteiger partial charge in [-0.25, -0.2) is 0 Å². The number of allylic oxidation sites excluding steroid dienone is 4. The Morgan fingerprint density at radius 1 is 1.39 bits per heavy atom. The number of halogens is 1. The summed E-state index contributed by atoms with van der Waals surface area (Å²) in [6.07, 6.45) is 12.9. The van der Waals surface area contributed by atoms with Gasteiger partial charge in [-0.3, -0.25) is 4.99 Å². The van der Waals surface area contributed by atoms with Gasteiger partial charge in [-0.2, -0.15) is 0 Å². The molecule has 0 unspecified atom stereocenters. The van der Waals surface area contributed by atoms with Gasteiger partial charge in [0, 0.05) is 16.4 Å². The molecule has 0 aromatic rings. The molecule has 1 N–H and O–H groups in total. The monoisotopic (exact) mass is 309 g/mol. The molecule has 1 rings (SSSR count). The molecule has 0 aromatic carbocycles. The van der Waals surface area contributed by atoms with E-state index in [0.717, 1.165) is 35.9 Å². The van der Waals surface area contributed by atoms with Crippen LogP contribution in [-0.4, -0.2) is 16.4 Å². The maximum absolute atomic E-state index is 10.6. The van der Waals surface area contributed by atoms with Crippen molar-refractivity contribution in [3.63, 3.8) is 0 Å². The molecule has 0 radical (unpaired) electrons. The quantitative estimate of drug-likeness (QED) is 0.359. The highest BCUT2D eigenvalue weighted by Gasteiger charge is 2.29. The third-order valence-corrected chi connectivity index (χ3v) is 3.49.